The predicted octanol–water partition coefficient (Wildman–Crippen LogP) is 0.109. The van der Waals surface area contributed by atoms with Crippen LogP contribution in [0.5, 0.6) is 0 Å². The molecule has 2 heterocycles. The van der Waals surface area contributed by atoms with Gasteiger partial charge in [-0.05, 0) is 12.8 Å². The van der Waals surface area contributed by atoms with E-state index in [9.17, 15) is 9.59 Å². The molecule has 0 aromatic carbocycles. The highest BCUT2D eigenvalue weighted by atomic mass is 16.6. The maximum absolute atomic E-state index is 11.5. The molecule has 0 radical (unpaired) electrons. The van der Waals surface area contributed by atoms with Gasteiger partial charge in [0.2, 0.25) is 0 Å². The molecule has 0 aromatic heterocycles. The molecule has 0 spiro atoms. The summed E-state index contributed by atoms with van der Waals surface area (Å²) in [6.07, 6.45) is 2.56. The second-order valence-corrected chi connectivity index (χ2v) is 4.76. The number of hydrogen-bond donors (Lipinski definition) is 0. The van der Waals surface area contributed by atoms with Gasteiger partial charge in [-0.2, -0.15) is 0 Å². The number of ether oxygens (including phenoxy) is 2. The van der Waals surface area contributed by atoms with Crippen molar-refractivity contribution >= 4 is 11.9 Å². The van der Waals surface area contributed by atoms with Crippen LogP contribution in [0.2, 0.25) is 0 Å². The fourth-order valence-corrected chi connectivity index (χ4v) is 3.72. The second kappa shape index (κ2) is 2.03. The Hall–Kier alpha value is -0.900. The molecule has 0 amide bonds. The molecule has 5 rings (SSSR count). The Labute approximate surface area is 80.6 Å². The third-order valence-electron chi connectivity index (χ3n) is 4.29. The molecule has 2 saturated heterocycles. The minimum atomic E-state index is -0.302. The van der Waals surface area contributed by atoms with Crippen molar-refractivity contribution in [3.8, 4) is 0 Å². The summed E-state index contributed by atoms with van der Waals surface area (Å²) >= 11 is 0. The van der Waals surface area contributed by atoms with Gasteiger partial charge in [0.1, 0.15) is 0 Å². The summed E-state index contributed by atoms with van der Waals surface area (Å²) in [5.41, 5.74) is 0. The van der Waals surface area contributed by atoms with E-state index in [0.29, 0.717) is 0 Å². The molecule has 2 aliphatic heterocycles. The number of cyclic esters (lactones) is 2. The third-order valence-corrected chi connectivity index (χ3v) is 4.29. The van der Waals surface area contributed by atoms with E-state index in [-0.39, 0.29) is 47.8 Å². The molecule has 74 valence electrons. The molecule has 3 saturated carbocycles. The van der Waals surface area contributed by atoms with Gasteiger partial charge in [0, 0.05) is 11.8 Å². The lowest BCUT2D eigenvalue weighted by atomic mass is 9.59. The first-order valence-electron chi connectivity index (χ1n) is 5.18. The fraction of sp³-hybridized carbons (Fsp3) is 0.800. The number of carbonyl (C=O) groups excluding carboxylic acids is 2. The SMILES string of the molecule is O=C1OC(=O)[C@@H]2[C@H]3CC[C@@H]([C@H]4O[C@H]34)[C@@H]12. The molecule has 4 heteroatoms. The van der Waals surface area contributed by atoms with Crippen LogP contribution in [-0.4, -0.2) is 24.1 Å². The molecular weight excluding hydrogens is 184 g/mol. The summed E-state index contributed by atoms with van der Waals surface area (Å²) < 4.78 is 10.3. The number of hydrogen-bond acceptors (Lipinski definition) is 4. The first-order valence-corrected chi connectivity index (χ1v) is 5.18. The van der Waals surface area contributed by atoms with Crippen LogP contribution in [0.15, 0.2) is 0 Å². The van der Waals surface area contributed by atoms with Crippen LogP contribution >= 0.6 is 0 Å². The van der Waals surface area contributed by atoms with Crippen molar-refractivity contribution in [2.75, 3.05) is 0 Å². The monoisotopic (exact) mass is 194 g/mol. The van der Waals surface area contributed by atoms with E-state index in [0.717, 1.165) is 12.8 Å². The van der Waals surface area contributed by atoms with E-state index >= 15 is 0 Å². The van der Waals surface area contributed by atoms with Crippen LogP contribution in [0.4, 0.5) is 0 Å². The van der Waals surface area contributed by atoms with E-state index in [1.54, 1.807) is 0 Å². The molecule has 14 heavy (non-hydrogen) atoms. The highest BCUT2D eigenvalue weighted by molar-refractivity contribution is 5.97. The first kappa shape index (κ1) is 7.40. The minimum absolute atomic E-state index is 0.176. The molecule has 2 bridgehead atoms. The number of epoxide rings is 1. The van der Waals surface area contributed by atoms with Gasteiger partial charge >= 0.3 is 11.9 Å². The Balaban J connectivity index is 1.83. The van der Waals surface area contributed by atoms with Crippen LogP contribution in [0, 0.1) is 23.7 Å². The van der Waals surface area contributed by atoms with Gasteiger partial charge in [-0.3, -0.25) is 9.59 Å². The van der Waals surface area contributed by atoms with E-state index in [1.807, 2.05) is 0 Å². The highest BCUT2D eigenvalue weighted by Crippen LogP contribution is 2.60. The normalized spacial score (nSPS) is 58.0. The van der Waals surface area contributed by atoms with Crippen LogP contribution in [0.25, 0.3) is 0 Å². The highest BCUT2D eigenvalue weighted by Gasteiger charge is 2.69. The molecule has 0 unspecified atom stereocenters. The number of esters is 2. The van der Waals surface area contributed by atoms with E-state index in [1.165, 1.54) is 0 Å². The van der Waals surface area contributed by atoms with Gasteiger partial charge in [0.05, 0.1) is 24.0 Å². The molecule has 0 aromatic rings. The number of fused-ring (bicyclic) bond motifs is 1. The Morgan fingerprint density at radius 3 is 1.93 bits per heavy atom. The van der Waals surface area contributed by atoms with E-state index in [2.05, 4.69) is 0 Å². The van der Waals surface area contributed by atoms with Crippen molar-refractivity contribution in [2.45, 2.75) is 25.0 Å². The molecule has 5 fully saturated rings. The second-order valence-electron chi connectivity index (χ2n) is 4.76. The van der Waals surface area contributed by atoms with E-state index in [4.69, 9.17) is 9.47 Å². The molecule has 6 atom stereocenters. The van der Waals surface area contributed by atoms with Crippen LogP contribution in [0.3, 0.4) is 0 Å². The smallest absolute Gasteiger partial charge is 0.317 e. The Bertz CT molecular complexity index is 318. The standard InChI is InChI=1S/C10H10O4/c11-9-5-3-1-2-4(8-7(3)13-8)6(5)10(12)14-9/h3-8H,1-2H2/t3-,4-,5-,6-,7-,8-/m1/s1. The van der Waals surface area contributed by atoms with Crippen LogP contribution < -0.4 is 0 Å². The van der Waals surface area contributed by atoms with Crippen molar-refractivity contribution < 1.29 is 19.1 Å². The molecule has 0 N–H and O–H groups in total. The van der Waals surface area contributed by atoms with Crippen molar-refractivity contribution in [3.63, 3.8) is 0 Å². The lowest BCUT2D eigenvalue weighted by Crippen LogP contribution is -2.46. The van der Waals surface area contributed by atoms with Crippen LogP contribution in [0.1, 0.15) is 12.8 Å². The molecule has 4 nitrogen and oxygen atoms in total. The summed E-state index contributed by atoms with van der Waals surface area (Å²) in [6, 6.07) is 0. The zero-order valence-corrected chi connectivity index (χ0v) is 7.51. The summed E-state index contributed by atoms with van der Waals surface area (Å²) in [4.78, 5) is 22.9. The quantitative estimate of drug-likeness (QED) is 0.312. The average molecular weight is 194 g/mol. The average Bonchev–Trinajstić information content (AvgIpc) is 2.92. The van der Waals surface area contributed by atoms with Gasteiger partial charge in [-0.25, -0.2) is 0 Å². The van der Waals surface area contributed by atoms with Gasteiger partial charge in [-0.1, -0.05) is 0 Å². The van der Waals surface area contributed by atoms with E-state index < -0.39 is 0 Å². The summed E-state index contributed by atoms with van der Waals surface area (Å²) in [5, 5.41) is 0. The third kappa shape index (κ3) is 0.639. The Morgan fingerprint density at radius 2 is 1.43 bits per heavy atom. The van der Waals surface area contributed by atoms with Crippen molar-refractivity contribution in [1.29, 1.82) is 0 Å². The number of rotatable bonds is 0. The maximum Gasteiger partial charge on any atom is 0.317 e. The van der Waals surface area contributed by atoms with Gasteiger partial charge < -0.3 is 9.47 Å². The fourth-order valence-electron chi connectivity index (χ4n) is 3.72. The summed E-state index contributed by atoms with van der Waals surface area (Å²) in [5.74, 6) is -0.440. The van der Waals surface area contributed by atoms with Gasteiger partial charge in [0.15, 0.2) is 0 Å². The first-order chi connectivity index (χ1) is 6.77. The van der Waals surface area contributed by atoms with Crippen molar-refractivity contribution in [3.05, 3.63) is 0 Å². The Kier molecular flexibility index (Phi) is 1.07. The zero-order valence-electron chi connectivity index (χ0n) is 7.51. The molecular formula is C10H10O4. The summed E-state index contributed by atoms with van der Waals surface area (Å²) in [7, 11) is 0. The predicted molar refractivity (Wildman–Crippen MR) is 43.0 cm³/mol. The Morgan fingerprint density at radius 1 is 0.929 bits per heavy atom. The zero-order chi connectivity index (χ0) is 9.45. The van der Waals surface area contributed by atoms with Crippen molar-refractivity contribution in [1.82, 2.24) is 0 Å². The van der Waals surface area contributed by atoms with Crippen molar-refractivity contribution in [2.24, 2.45) is 23.7 Å². The topological polar surface area (TPSA) is 55.9 Å². The lowest BCUT2D eigenvalue weighted by molar-refractivity contribution is -0.154. The number of carbonyl (C=O) groups is 2. The molecule has 3 aliphatic carbocycles. The van der Waals surface area contributed by atoms with Crippen LogP contribution in [-0.2, 0) is 19.1 Å². The maximum atomic E-state index is 11.5. The molecule has 5 aliphatic rings. The van der Waals surface area contributed by atoms with Gasteiger partial charge in [-0.15, -0.1) is 0 Å². The summed E-state index contributed by atoms with van der Waals surface area (Å²) in [6.45, 7) is 0. The lowest BCUT2D eigenvalue weighted by Gasteiger charge is -2.38. The largest absolute Gasteiger partial charge is 0.393 e. The van der Waals surface area contributed by atoms with Gasteiger partial charge in [0.25, 0.3) is 0 Å². The minimum Gasteiger partial charge on any atom is -0.393 e.